The maximum atomic E-state index is 12.6. The molecule has 0 fully saturated rings. The molecule has 2 aromatic heterocycles. The average Bonchev–Trinajstić information content (AvgIpc) is 3.07. The predicted octanol–water partition coefficient (Wildman–Crippen LogP) is 2.08. The number of aromatic nitrogens is 4. The summed E-state index contributed by atoms with van der Waals surface area (Å²) >= 11 is 0. The minimum Gasteiger partial charge on any atom is -0.309 e. The molecule has 8 heteroatoms. The number of nitrogens with one attached hydrogen (secondary N) is 1. The molecule has 0 aliphatic rings. The van der Waals surface area contributed by atoms with Crippen molar-refractivity contribution in [3.63, 3.8) is 0 Å². The van der Waals surface area contributed by atoms with Crippen LogP contribution in [0.2, 0.25) is 0 Å². The van der Waals surface area contributed by atoms with Gasteiger partial charge in [0.2, 0.25) is 0 Å². The van der Waals surface area contributed by atoms with Crippen molar-refractivity contribution in [3.05, 3.63) is 83.0 Å². The number of hydrogen-bond acceptors (Lipinski definition) is 5. The third-order valence-electron chi connectivity index (χ3n) is 3.92. The van der Waals surface area contributed by atoms with E-state index >= 15 is 0 Å². The number of benzene rings is 2. The Kier molecular flexibility index (Phi) is 3.89. The molecule has 0 bridgehead atoms. The van der Waals surface area contributed by atoms with Crippen molar-refractivity contribution in [1.29, 1.82) is 0 Å². The van der Waals surface area contributed by atoms with Crippen LogP contribution >= 0.6 is 0 Å². The zero-order valence-electron chi connectivity index (χ0n) is 13.5. The Morgan fingerprint density at radius 2 is 1.62 bits per heavy atom. The van der Waals surface area contributed by atoms with E-state index in [1.807, 2.05) is 30.3 Å². The number of para-hydroxylation sites is 1. The summed E-state index contributed by atoms with van der Waals surface area (Å²) in [4.78, 5) is 19.4. The molecule has 2 heterocycles. The normalized spacial score (nSPS) is 11.7. The molecular formula is C18H14N4O3S. The maximum Gasteiger partial charge on any atom is 0.262 e. The Hall–Kier alpha value is -3.26. The van der Waals surface area contributed by atoms with Gasteiger partial charge in [0.1, 0.15) is 17.0 Å². The molecule has 0 saturated carbocycles. The molecule has 0 aliphatic heterocycles. The first-order valence-corrected chi connectivity index (χ1v) is 9.50. The van der Waals surface area contributed by atoms with E-state index in [1.165, 1.54) is 23.0 Å². The van der Waals surface area contributed by atoms with Crippen molar-refractivity contribution in [2.45, 2.75) is 10.6 Å². The van der Waals surface area contributed by atoms with Crippen LogP contribution in [0.3, 0.4) is 0 Å². The maximum absolute atomic E-state index is 12.6. The van der Waals surface area contributed by atoms with Gasteiger partial charge in [-0.25, -0.2) is 18.1 Å². The van der Waals surface area contributed by atoms with Crippen LogP contribution in [-0.4, -0.2) is 28.2 Å². The summed E-state index contributed by atoms with van der Waals surface area (Å²) in [6, 6.07) is 17.3. The number of sulfone groups is 1. The van der Waals surface area contributed by atoms with Crippen LogP contribution in [0, 0.1) is 0 Å². The van der Waals surface area contributed by atoms with Crippen LogP contribution in [-0.2, 0) is 15.6 Å². The van der Waals surface area contributed by atoms with Gasteiger partial charge in [-0.1, -0.05) is 36.4 Å². The van der Waals surface area contributed by atoms with Gasteiger partial charge >= 0.3 is 0 Å². The van der Waals surface area contributed by atoms with Gasteiger partial charge < -0.3 is 4.98 Å². The first-order valence-electron chi connectivity index (χ1n) is 7.85. The molecule has 4 aromatic rings. The lowest BCUT2D eigenvalue weighted by Crippen LogP contribution is -2.16. The molecule has 0 atom stereocenters. The Balaban J connectivity index is 1.81. The van der Waals surface area contributed by atoms with Crippen LogP contribution < -0.4 is 5.56 Å². The number of fused-ring (bicyclic) bond motifs is 1. The molecule has 130 valence electrons. The summed E-state index contributed by atoms with van der Waals surface area (Å²) in [6.07, 6.45) is 1.42. The van der Waals surface area contributed by atoms with E-state index in [4.69, 9.17) is 0 Å². The van der Waals surface area contributed by atoms with Gasteiger partial charge in [0, 0.05) is 0 Å². The average molecular weight is 366 g/mol. The van der Waals surface area contributed by atoms with Gasteiger partial charge in [0.25, 0.3) is 5.56 Å². The van der Waals surface area contributed by atoms with Gasteiger partial charge in [-0.15, -0.1) is 0 Å². The summed E-state index contributed by atoms with van der Waals surface area (Å²) in [7, 11) is -3.62. The first-order chi connectivity index (χ1) is 12.5. The van der Waals surface area contributed by atoms with E-state index in [0.717, 1.165) is 5.69 Å². The zero-order chi connectivity index (χ0) is 18.1. The van der Waals surface area contributed by atoms with E-state index in [0.29, 0.717) is 11.0 Å². The highest BCUT2D eigenvalue weighted by atomic mass is 32.2. The fraction of sp³-hybridized carbons (Fsp3) is 0.0556. The van der Waals surface area contributed by atoms with Crippen molar-refractivity contribution in [1.82, 2.24) is 19.7 Å². The lowest BCUT2D eigenvalue weighted by molar-refractivity contribution is 0.594. The molecule has 1 N–H and O–H groups in total. The molecule has 0 aliphatic carbocycles. The van der Waals surface area contributed by atoms with Gasteiger partial charge in [0.05, 0.1) is 16.8 Å². The number of hydrogen-bond donors (Lipinski definition) is 1. The molecule has 4 rings (SSSR count). The highest BCUT2D eigenvalue weighted by Gasteiger charge is 2.19. The monoisotopic (exact) mass is 366 g/mol. The minimum atomic E-state index is -3.62. The Bertz CT molecular complexity index is 1230. The Morgan fingerprint density at radius 1 is 0.962 bits per heavy atom. The van der Waals surface area contributed by atoms with Gasteiger partial charge in [-0.3, -0.25) is 4.79 Å². The van der Waals surface area contributed by atoms with Crippen molar-refractivity contribution >= 4 is 20.9 Å². The second-order valence-corrected chi connectivity index (χ2v) is 7.70. The molecule has 0 spiro atoms. The van der Waals surface area contributed by atoms with Gasteiger partial charge in [-0.2, -0.15) is 5.10 Å². The topological polar surface area (TPSA) is 97.7 Å². The van der Waals surface area contributed by atoms with Crippen molar-refractivity contribution < 1.29 is 8.42 Å². The van der Waals surface area contributed by atoms with Crippen molar-refractivity contribution in [2.75, 3.05) is 0 Å². The number of rotatable bonds is 4. The molecule has 0 amide bonds. The highest BCUT2D eigenvalue weighted by molar-refractivity contribution is 7.90. The number of nitrogens with zero attached hydrogens (tertiary/aromatic N) is 3. The lowest BCUT2D eigenvalue weighted by atomic mass is 10.3. The Morgan fingerprint density at radius 3 is 2.31 bits per heavy atom. The van der Waals surface area contributed by atoms with Crippen molar-refractivity contribution in [2.24, 2.45) is 0 Å². The van der Waals surface area contributed by atoms with E-state index in [2.05, 4.69) is 15.1 Å². The molecule has 0 unspecified atom stereocenters. The second-order valence-electron chi connectivity index (χ2n) is 5.71. The largest absolute Gasteiger partial charge is 0.309 e. The van der Waals surface area contributed by atoms with Crippen LogP contribution in [0.4, 0.5) is 0 Å². The minimum absolute atomic E-state index is 0.0732. The molecule has 2 aromatic carbocycles. The number of aromatic amines is 1. The Labute approximate surface area is 148 Å². The standard InChI is InChI=1S/C18H14N4O3S/c23-18-15-11-19-22(13-7-3-1-4-8-13)17(15)20-16(21-18)12-26(24,25)14-9-5-2-6-10-14/h1-11H,12H2,(H,20,21,23). The zero-order valence-corrected chi connectivity index (χ0v) is 14.3. The third-order valence-corrected chi connectivity index (χ3v) is 5.56. The summed E-state index contributed by atoms with van der Waals surface area (Å²) in [5.74, 6) is -0.327. The quantitative estimate of drug-likeness (QED) is 0.596. The molecule has 0 saturated heterocycles. The molecule has 0 radical (unpaired) electrons. The third kappa shape index (κ3) is 2.91. The van der Waals surface area contributed by atoms with Crippen LogP contribution in [0.15, 0.2) is 76.6 Å². The number of H-pyrrole nitrogens is 1. The summed E-state index contributed by atoms with van der Waals surface area (Å²) in [5.41, 5.74) is 0.631. The lowest BCUT2D eigenvalue weighted by Gasteiger charge is -2.06. The van der Waals surface area contributed by atoms with Crippen molar-refractivity contribution in [3.8, 4) is 5.69 Å². The second kappa shape index (κ2) is 6.23. The fourth-order valence-electron chi connectivity index (χ4n) is 2.68. The van der Waals surface area contributed by atoms with E-state index < -0.39 is 21.1 Å². The van der Waals surface area contributed by atoms with E-state index in [9.17, 15) is 13.2 Å². The predicted molar refractivity (Wildman–Crippen MR) is 96.8 cm³/mol. The van der Waals surface area contributed by atoms with Crippen LogP contribution in [0.25, 0.3) is 16.7 Å². The van der Waals surface area contributed by atoms with E-state index in [-0.39, 0.29) is 10.7 Å². The van der Waals surface area contributed by atoms with Gasteiger partial charge in [-0.05, 0) is 24.3 Å². The summed E-state index contributed by atoms with van der Waals surface area (Å²) < 4.78 is 26.6. The molecular weight excluding hydrogens is 352 g/mol. The molecule has 7 nitrogen and oxygen atoms in total. The van der Waals surface area contributed by atoms with Gasteiger partial charge in [0.15, 0.2) is 15.5 Å². The SMILES string of the molecule is O=c1[nH]c(CS(=O)(=O)c2ccccc2)nc2c1cnn2-c1ccccc1. The first kappa shape index (κ1) is 16.2. The molecule has 26 heavy (non-hydrogen) atoms. The smallest absolute Gasteiger partial charge is 0.262 e. The summed E-state index contributed by atoms with van der Waals surface area (Å²) in [6.45, 7) is 0. The summed E-state index contributed by atoms with van der Waals surface area (Å²) in [5, 5.41) is 4.51. The van der Waals surface area contributed by atoms with Crippen LogP contribution in [0.5, 0.6) is 0 Å². The highest BCUT2D eigenvalue weighted by Crippen LogP contribution is 2.17. The fourth-order valence-corrected chi connectivity index (χ4v) is 3.92. The van der Waals surface area contributed by atoms with E-state index in [1.54, 1.807) is 18.2 Å². The van der Waals surface area contributed by atoms with Crippen LogP contribution in [0.1, 0.15) is 5.82 Å².